The van der Waals surface area contributed by atoms with E-state index in [2.05, 4.69) is 19.5 Å². The Morgan fingerprint density at radius 1 is 1.50 bits per heavy atom. The van der Waals surface area contributed by atoms with Gasteiger partial charge >= 0.3 is 11.9 Å². The van der Waals surface area contributed by atoms with Crippen molar-refractivity contribution in [3.8, 4) is 0 Å². The molecule has 78 valence electrons. The molecule has 0 aliphatic rings. The Balaban J connectivity index is 4.81. The van der Waals surface area contributed by atoms with Crippen LogP contribution in [0.5, 0.6) is 0 Å². The van der Waals surface area contributed by atoms with Crippen LogP contribution >= 0.6 is 0 Å². The van der Waals surface area contributed by atoms with E-state index < -0.39 is 24.1 Å². The molecule has 1 N–H and O–H groups in total. The van der Waals surface area contributed by atoms with Gasteiger partial charge in [0.05, 0.1) is 20.6 Å². The molecule has 0 aromatic rings. The maximum atomic E-state index is 10.9. The average molecular weight is 203 g/mol. The van der Waals surface area contributed by atoms with Gasteiger partial charge in [0.1, 0.15) is 0 Å². The van der Waals surface area contributed by atoms with E-state index >= 15 is 0 Å². The normalized spacial score (nSPS) is 13.4. The molecule has 14 heavy (non-hydrogen) atoms. The van der Waals surface area contributed by atoms with Gasteiger partial charge in [-0.25, -0.2) is 4.79 Å². The third kappa shape index (κ3) is 2.92. The Labute approximate surface area is 79.0 Å². The van der Waals surface area contributed by atoms with E-state index in [1.54, 1.807) is 0 Å². The van der Waals surface area contributed by atoms with Crippen LogP contribution in [0.15, 0.2) is 5.11 Å². The summed E-state index contributed by atoms with van der Waals surface area (Å²) in [5, 5.41) is 12.2. The predicted octanol–water partition coefficient (Wildman–Crippen LogP) is -0.279. The van der Waals surface area contributed by atoms with Crippen LogP contribution in [0.3, 0.4) is 0 Å². The second kappa shape index (κ2) is 5.05. The first-order chi connectivity index (χ1) is 6.50. The van der Waals surface area contributed by atoms with Crippen LogP contribution in [0, 0.1) is 0 Å². The summed E-state index contributed by atoms with van der Waals surface area (Å²) in [6.07, 6.45) is -0.791. The van der Waals surface area contributed by atoms with Crippen LogP contribution in [0.2, 0.25) is 0 Å². The fourth-order valence-corrected chi connectivity index (χ4v) is 0.659. The highest BCUT2D eigenvalue weighted by Crippen LogP contribution is 2.15. The van der Waals surface area contributed by atoms with Gasteiger partial charge in [0.25, 0.3) is 5.72 Å². The molecular formula is C6H9N3O5. The van der Waals surface area contributed by atoms with E-state index in [1.807, 2.05) is 0 Å². The first-order valence-electron chi connectivity index (χ1n) is 3.44. The van der Waals surface area contributed by atoms with Crippen molar-refractivity contribution in [2.75, 3.05) is 14.2 Å². The fraction of sp³-hybridized carbons (Fsp3) is 0.667. The molecule has 1 atom stereocenters. The molecule has 0 aromatic carbocycles. The molecule has 0 bridgehead atoms. The van der Waals surface area contributed by atoms with Gasteiger partial charge in [-0.15, -0.1) is 0 Å². The number of esters is 2. The molecule has 0 fully saturated rings. The van der Waals surface area contributed by atoms with Gasteiger partial charge in [-0.2, -0.15) is 0 Å². The number of hydrogen-bond acceptors (Lipinski definition) is 6. The maximum Gasteiger partial charge on any atom is 0.344 e. The Hall–Kier alpha value is -1.79. The molecule has 0 radical (unpaired) electrons. The summed E-state index contributed by atoms with van der Waals surface area (Å²) in [5.41, 5.74) is 5.53. The summed E-state index contributed by atoms with van der Waals surface area (Å²) in [6, 6.07) is 0. The summed E-state index contributed by atoms with van der Waals surface area (Å²) >= 11 is 0. The Kier molecular flexibility index (Phi) is 4.41. The van der Waals surface area contributed by atoms with Gasteiger partial charge in [-0.3, -0.25) is 4.79 Å². The SMILES string of the molecule is COC(=O)CC(O)(N=[N+]=[N-])C(=O)OC. The van der Waals surface area contributed by atoms with Crippen molar-refractivity contribution in [3.63, 3.8) is 0 Å². The molecule has 0 aromatic heterocycles. The van der Waals surface area contributed by atoms with E-state index in [4.69, 9.17) is 5.53 Å². The summed E-state index contributed by atoms with van der Waals surface area (Å²) in [7, 11) is 2.05. The summed E-state index contributed by atoms with van der Waals surface area (Å²) in [5.74, 6) is -2.12. The van der Waals surface area contributed by atoms with E-state index in [1.165, 1.54) is 0 Å². The molecule has 0 heterocycles. The standard InChI is InChI=1S/C6H9N3O5/c1-13-4(10)3-6(12,8-9-7)5(11)14-2/h12H,3H2,1-2H3. The number of azide groups is 1. The lowest BCUT2D eigenvalue weighted by molar-refractivity contribution is -0.168. The maximum absolute atomic E-state index is 10.9. The van der Waals surface area contributed by atoms with Crippen LogP contribution in [-0.2, 0) is 19.1 Å². The lowest BCUT2D eigenvalue weighted by Crippen LogP contribution is -2.39. The molecule has 8 nitrogen and oxygen atoms in total. The first kappa shape index (κ1) is 12.2. The molecule has 0 saturated heterocycles. The summed E-state index contributed by atoms with van der Waals surface area (Å²) in [4.78, 5) is 23.9. The van der Waals surface area contributed by atoms with Crippen molar-refractivity contribution in [2.45, 2.75) is 12.1 Å². The fourth-order valence-electron chi connectivity index (χ4n) is 0.659. The van der Waals surface area contributed by atoms with Crippen molar-refractivity contribution in [1.29, 1.82) is 0 Å². The minimum atomic E-state index is -2.55. The lowest BCUT2D eigenvalue weighted by Gasteiger charge is -2.17. The van der Waals surface area contributed by atoms with E-state index in [0.717, 1.165) is 14.2 Å². The number of methoxy groups -OCH3 is 2. The van der Waals surface area contributed by atoms with E-state index in [0.29, 0.717) is 0 Å². The Morgan fingerprint density at radius 3 is 2.43 bits per heavy atom. The van der Waals surface area contributed by atoms with Crippen molar-refractivity contribution in [3.05, 3.63) is 10.4 Å². The largest absolute Gasteiger partial charge is 0.469 e. The number of ether oxygens (including phenoxy) is 2. The lowest BCUT2D eigenvalue weighted by atomic mass is 10.1. The second-order valence-corrected chi connectivity index (χ2v) is 2.25. The second-order valence-electron chi connectivity index (χ2n) is 2.25. The molecule has 0 aliphatic heterocycles. The van der Waals surface area contributed by atoms with Crippen LogP contribution < -0.4 is 0 Å². The molecule has 0 spiro atoms. The highest BCUT2D eigenvalue weighted by Gasteiger charge is 2.39. The van der Waals surface area contributed by atoms with Gasteiger partial charge in [-0.05, 0) is 10.6 Å². The number of carbonyl (C=O) groups is 2. The van der Waals surface area contributed by atoms with E-state index in [-0.39, 0.29) is 0 Å². The quantitative estimate of drug-likeness (QED) is 0.291. The van der Waals surface area contributed by atoms with Crippen molar-refractivity contribution >= 4 is 11.9 Å². The summed E-state index contributed by atoms with van der Waals surface area (Å²) < 4.78 is 8.35. The zero-order valence-corrected chi connectivity index (χ0v) is 7.63. The minimum Gasteiger partial charge on any atom is -0.469 e. The predicted molar refractivity (Wildman–Crippen MR) is 42.7 cm³/mol. The molecule has 0 saturated carbocycles. The molecular weight excluding hydrogens is 194 g/mol. The number of nitrogens with zero attached hydrogens (tertiary/aromatic N) is 3. The average Bonchev–Trinajstić information content (AvgIpc) is 2.16. The number of carbonyl (C=O) groups excluding carboxylic acids is 2. The van der Waals surface area contributed by atoms with Gasteiger partial charge in [0, 0.05) is 4.91 Å². The molecule has 1 unspecified atom stereocenters. The van der Waals surface area contributed by atoms with Crippen LogP contribution in [-0.4, -0.2) is 37.0 Å². The number of hydrogen-bond donors (Lipinski definition) is 1. The zero-order chi connectivity index (χ0) is 11.2. The van der Waals surface area contributed by atoms with Gasteiger partial charge < -0.3 is 14.6 Å². The van der Waals surface area contributed by atoms with Gasteiger partial charge in [-0.1, -0.05) is 0 Å². The zero-order valence-electron chi connectivity index (χ0n) is 7.63. The van der Waals surface area contributed by atoms with Gasteiger partial charge in [0.15, 0.2) is 0 Å². The minimum absolute atomic E-state index is 0.791. The highest BCUT2D eigenvalue weighted by molar-refractivity contribution is 5.85. The third-order valence-corrected chi connectivity index (χ3v) is 1.34. The number of aliphatic hydroxyl groups is 1. The molecule has 0 amide bonds. The van der Waals surface area contributed by atoms with Crippen LogP contribution in [0.1, 0.15) is 6.42 Å². The van der Waals surface area contributed by atoms with Crippen molar-refractivity contribution in [1.82, 2.24) is 0 Å². The van der Waals surface area contributed by atoms with Crippen LogP contribution in [0.25, 0.3) is 10.4 Å². The Bertz CT molecular complexity index is 285. The highest BCUT2D eigenvalue weighted by atomic mass is 16.5. The van der Waals surface area contributed by atoms with Crippen molar-refractivity contribution < 1.29 is 24.2 Å². The first-order valence-corrected chi connectivity index (χ1v) is 3.44. The molecule has 0 aliphatic carbocycles. The van der Waals surface area contributed by atoms with E-state index in [9.17, 15) is 14.7 Å². The topological polar surface area (TPSA) is 122 Å². The van der Waals surface area contributed by atoms with Crippen molar-refractivity contribution in [2.24, 2.45) is 5.11 Å². The molecule has 0 rings (SSSR count). The smallest absolute Gasteiger partial charge is 0.344 e. The Morgan fingerprint density at radius 2 is 2.07 bits per heavy atom. The third-order valence-electron chi connectivity index (χ3n) is 1.34. The monoisotopic (exact) mass is 203 g/mol. The summed E-state index contributed by atoms with van der Waals surface area (Å²) in [6.45, 7) is 0. The van der Waals surface area contributed by atoms with Crippen LogP contribution in [0.4, 0.5) is 0 Å². The number of rotatable bonds is 4. The molecule has 8 heteroatoms. The van der Waals surface area contributed by atoms with Gasteiger partial charge in [0.2, 0.25) is 0 Å².